The van der Waals surface area contributed by atoms with E-state index in [1.807, 2.05) is 35.2 Å². The Bertz CT molecular complexity index is 370. The van der Waals surface area contributed by atoms with E-state index in [4.69, 9.17) is 0 Å². The lowest BCUT2D eigenvalue weighted by molar-refractivity contribution is 0.0583. The standard InChI is InChI=1S/C14H19NO/c1-14(2)9-6-10-15(11-14)13(16)12-7-4-3-5-8-12/h3-5,7-8H,6,9-11H2,1-2H3. The van der Waals surface area contributed by atoms with Crippen molar-refractivity contribution in [2.24, 2.45) is 5.41 Å². The third-order valence-corrected chi connectivity index (χ3v) is 3.21. The fourth-order valence-electron chi connectivity index (χ4n) is 2.36. The first-order valence-electron chi connectivity index (χ1n) is 5.93. The number of nitrogens with zero attached hydrogens (tertiary/aromatic N) is 1. The Hall–Kier alpha value is -1.31. The number of likely N-dealkylation sites (tertiary alicyclic amines) is 1. The Labute approximate surface area is 97.3 Å². The lowest BCUT2D eigenvalue weighted by Crippen LogP contribution is -2.43. The van der Waals surface area contributed by atoms with E-state index >= 15 is 0 Å². The maximum Gasteiger partial charge on any atom is 0.253 e. The molecule has 2 rings (SSSR count). The van der Waals surface area contributed by atoms with E-state index in [1.54, 1.807) is 0 Å². The van der Waals surface area contributed by atoms with Gasteiger partial charge in [-0.1, -0.05) is 32.0 Å². The summed E-state index contributed by atoms with van der Waals surface area (Å²) in [6.07, 6.45) is 2.33. The summed E-state index contributed by atoms with van der Waals surface area (Å²) >= 11 is 0. The SMILES string of the molecule is CC1(C)CCCN(C(=O)c2ccccc2)C1. The summed E-state index contributed by atoms with van der Waals surface area (Å²) in [5.74, 6) is 0.174. The number of piperidine rings is 1. The average molecular weight is 217 g/mol. The molecule has 1 aliphatic heterocycles. The van der Waals surface area contributed by atoms with Crippen LogP contribution in [0.25, 0.3) is 0 Å². The number of carbonyl (C=O) groups is 1. The Balaban J connectivity index is 2.11. The van der Waals surface area contributed by atoms with Crippen LogP contribution in [-0.4, -0.2) is 23.9 Å². The topological polar surface area (TPSA) is 20.3 Å². The van der Waals surface area contributed by atoms with Gasteiger partial charge in [0.1, 0.15) is 0 Å². The number of carbonyl (C=O) groups excluding carboxylic acids is 1. The van der Waals surface area contributed by atoms with Crippen molar-refractivity contribution in [3.05, 3.63) is 35.9 Å². The Morgan fingerprint density at radius 1 is 1.25 bits per heavy atom. The van der Waals surface area contributed by atoms with Crippen LogP contribution in [0.15, 0.2) is 30.3 Å². The molecule has 0 unspecified atom stereocenters. The number of amides is 1. The number of hydrogen-bond donors (Lipinski definition) is 0. The number of hydrogen-bond acceptors (Lipinski definition) is 1. The van der Waals surface area contributed by atoms with Gasteiger partial charge in [0.2, 0.25) is 0 Å². The van der Waals surface area contributed by atoms with Crippen molar-refractivity contribution in [1.82, 2.24) is 4.90 Å². The number of benzene rings is 1. The molecule has 1 aliphatic rings. The Morgan fingerprint density at radius 2 is 1.94 bits per heavy atom. The first-order valence-corrected chi connectivity index (χ1v) is 5.93. The fourth-order valence-corrected chi connectivity index (χ4v) is 2.36. The molecule has 16 heavy (non-hydrogen) atoms. The lowest BCUT2D eigenvalue weighted by Gasteiger charge is -2.38. The summed E-state index contributed by atoms with van der Waals surface area (Å²) in [4.78, 5) is 14.2. The van der Waals surface area contributed by atoms with E-state index in [9.17, 15) is 4.79 Å². The van der Waals surface area contributed by atoms with Gasteiger partial charge in [-0.05, 0) is 30.4 Å². The van der Waals surface area contributed by atoms with Crippen LogP contribution in [0.1, 0.15) is 37.0 Å². The Morgan fingerprint density at radius 3 is 2.56 bits per heavy atom. The molecule has 0 saturated carbocycles. The van der Waals surface area contributed by atoms with Gasteiger partial charge in [0.05, 0.1) is 0 Å². The van der Waals surface area contributed by atoms with Gasteiger partial charge in [0.15, 0.2) is 0 Å². The molecule has 0 aromatic heterocycles. The third kappa shape index (κ3) is 2.43. The van der Waals surface area contributed by atoms with Crippen molar-refractivity contribution >= 4 is 5.91 Å². The van der Waals surface area contributed by atoms with Gasteiger partial charge in [0, 0.05) is 18.7 Å². The second-order valence-electron chi connectivity index (χ2n) is 5.36. The minimum absolute atomic E-state index is 0.174. The molecule has 1 fully saturated rings. The monoisotopic (exact) mass is 217 g/mol. The lowest BCUT2D eigenvalue weighted by atomic mass is 9.84. The molecule has 1 aromatic carbocycles. The van der Waals surface area contributed by atoms with Crippen molar-refractivity contribution in [1.29, 1.82) is 0 Å². The normalized spacial score (nSPS) is 19.5. The third-order valence-electron chi connectivity index (χ3n) is 3.21. The zero-order valence-electron chi connectivity index (χ0n) is 10.1. The first kappa shape index (κ1) is 11.2. The van der Waals surface area contributed by atoms with Crippen molar-refractivity contribution in [3.8, 4) is 0 Å². The highest BCUT2D eigenvalue weighted by Crippen LogP contribution is 2.29. The molecule has 2 heteroatoms. The van der Waals surface area contributed by atoms with Gasteiger partial charge < -0.3 is 4.90 Å². The molecule has 0 spiro atoms. The molecule has 1 aromatic rings. The van der Waals surface area contributed by atoms with Crippen LogP contribution in [0.5, 0.6) is 0 Å². The van der Waals surface area contributed by atoms with Crippen molar-refractivity contribution in [2.75, 3.05) is 13.1 Å². The van der Waals surface area contributed by atoms with Crippen LogP contribution >= 0.6 is 0 Å². The van der Waals surface area contributed by atoms with Crippen molar-refractivity contribution < 1.29 is 4.79 Å². The molecule has 0 bridgehead atoms. The van der Waals surface area contributed by atoms with Crippen LogP contribution in [0.2, 0.25) is 0 Å². The molecule has 0 aliphatic carbocycles. The average Bonchev–Trinajstić information content (AvgIpc) is 2.28. The summed E-state index contributed by atoms with van der Waals surface area (Å²) in [6, 6.07) is 9.56. The highest BCUT2D eigenvalue weighted by molar-refractivity contribution is 5.94. The van der Waals surface area contributed by atoms with Crippen LogP contribution in [0, 0.1) is 5.41 Å². The van der Waals surface area contributed by atoms with Crippen molar-refractivity contribution in [2.45, 2.75) is 26.7 Å². The van der Waals surface area contributed by atoms with Gasteiger partial charge in [-0.25, -0.2) is 0 Å². The predicted molar refractivity (Wildman–Crippen MR) is 65.4 cm³/mol. The Kier molecular flexibility index (Phi) is 2.99. The quantitative estimate of drug-likeness (QED) is 0.708. The molecule has 0 atom stereocenters. The minimum Gasteiger partial charge on any atom is -0.338 e. The molecule has 1 heterocycles. The van der Waals surface area contributed by atoms with Gasteiger partial charge in [-0.3, -0.25) is 4.79 Å². The van der Waals surface area contributed by atoms with Crippen molar-refractivity contribution in [3.63, 3.8) is 0 Å². The van der Waals surface area contributed by atoms with Gasteiger partial charge in [0.25, 0.3) is 5.91 Å². The largest absolute Gasteiger partial charge is 0.338 e. The van der Waals surface area contributed by atoms with E-state index < -0.39 is 0 Å². The van der Waals surface area contributed by atoms with Crippen LogP contribution in [0.3, 0.4) is 0 Å². The first-order chi connectivity index (χ1) is 7.58. The summed E-state index contributed by atoms with van der Waals surface area (Å²) < 4.78 is 0. The van der Waals surface area contributed by atoms with Gasteiger partial charge >= 0.3 is 0 Å². The van der Waals surface area contributed by atoms with Crippen LogP contribution in [0.4, 0.5) is 0 Å². The van der Waals surface area contributed by atoms with E-state index in [0.717, 1.165) is 25.1 Å². The van der Waals surface area contributed by atoms with E-state index in [-0.39, 0.29) is 11.3 Å². The van der Waals surface area contributed by atoms with Gasteiger partial charge in [-0.15, -0.1) is 0 Å². The molecule has 1 amide bonds. The molecule has 1 saturated heterocycles. The molecular weight excluding hydrogens is 198 g/mol. The van der Waals surface area contributed by atoms with Crippen LogP contribution in [-0.2, 0) is 0 Å². The van der Waals surface area contributed by atoms with E-state index in [0.29, 0.717) is 0 Å². The summed E-state index contributed by atoms with van der Waals surface area (Å²) in [5.41, 5.74) is 1.07. The number of rotatable bonds is 1. The molecule has 0 radical (unpaired) electrons. The molecule has 2 nitrogen and oxygen atoms in total. The summed E-state index contributed by atoms with van der Waals surface area (Å²) in [5, 5.41) is 0. The maximum absolute atomic E-state index is 12.2. The second-order valence-corrected chi connectivity index (χ2v) is 5.36. The molecule has 86 valence electrons. The zero-order chi connectivity index (χ0) is 11.6. The van der Waals surface area contributed by atoms with E-state index in [2.05, 4.69) is 13.8 Å². The smallest absolute Gasteiger partial charge is 0.253 e. The predicted octanol–water partition coefficient (Wildman–Crippen LogP) is 2.95. The fraction of sp³-hybridized carbons (Fsp3) is 0.500. The zero-order valence-corrected chi connectivity index (χ0v) is 10.1. The molecule has 0 N–H and O–H groups in total. The minimum atomic E-state index is 0.174. The highest BCUT2D eigenvalue weighted by Gasteiger charge is 2.29. The molecular formula is C14H19NO. The van der Waals surface area contributed by atoms with Gasteiger partial charge in [-0.2, -0.15) is 0 Å². The van der Waals surface area contributed by atoms with E-state index in [1.165, 1.54) is 6.42 Å². The van der Waals surface area contributed by atoms with Crippen LogP contribution < -0.4 is 0 Å². The second kappa shape index (κ2) is 4.28. The highest BCUT2D eigenvalue weighted by atomic mass is 16.2. The maximum atomic E-state index is 12.2. The summed E-state index contributed by atoms with van der Waals surface area (Å²) in [7, 11) is 0. The summed E-state index contributed by atoms with van der Waals surface area (Å²) in [6.45, 7) is 6.24.